The molecular formula is C22H24N2O5S. The van der Waals surface area contributed by atoms with Crippen molar-refractivity contribution in [2.75, 3.05) is 18.9 Å². The van der Waals surface area contributed by atoms with Crippen LogP contribution in [0.3, 0.4) is 0 Å². The van der Waals surface area contributed by atoms with Crippen LogP contribution >= 0.6 is 0 Å². The summed E-state index contributed by atoms with van der Waals surface area (Å²) in [6.07, 6.45) is 0.799. The van der Waals surface area contributed by atoms with E-state index in [1.165, 1.54) is 0 Å². The number of hydrogen-bond acceptors (Lipinski definition) is 6. The number of hydrogen-bond donors (Lipinski definition) is 1. The third-order valence-corrected chi connectivity index (χ3v) is 6.03. The fourth-order valence-corrected chi connectivity index (χ4v) is 4.59. The number of amides is 1. The Morgan fingerprint density at radius 1 is 1.23 bits per heavy atom. The average molecular weight is 429 g/mol. The van der Waals surface area contributed by atoms with Gasteiger partial charge in [0.15, 0.2) is 21.3 Å². The van der Waals surface area contributed by atoms with E-state index in [0.29, 0.717) is 16.9 Å². The highest BCUT2D eigenvalue weighted by atomic mass is 32.2. The van der Waals surface area contributed by atoms with Gasteiger partial charge < -0.3 is 14.8 Å². The summed E-state index contributed by atoms with van der Waals surface area (Å²) in [4.78, 5) is 12.0. The monoisotopic (exact) mass is 428 g/mol. The minimum absolute atomic E-state index is 0.179. The first-order chi connectivity index (χ1) is 14.2. The number of carbonyl (C=O) groups excluding carboxylic acids is 1. The molecule has 1 N–H and O–H groups in total. The lowest BCUT2D eigenvalue weighted by atomic mass is 10.0. The quantitative estimate of drug-likeness (QED) is 0.647. The molecule has 0 aromatic heterocycles. The van der Waals surface area contributed by atoms with Crippen LogP contribution in [0.2, 0.25) is 0 Å². The normalized spacial score (nSPS) is 14.3. The lowest BCUT2D eigenvalue weighted by Crippen LogP contribution is -2.33. The van der Waals surface area contributed by atoms with Gasteiger partial charge in [-0.15, -0.1) is 0 Å². The Kier molecular flexibility index (Phi) is 6.32. The molecule has 1 aliphatic rings. The van der Waals surface area contributed by atoms with E-state index in [0.717, 1.165) is 17.7 Å². The third-order valence-electron chi connectivity index (χ3n) is 4.56. The predicted octanol–water partition coefficient (Wildman–Crippen LogP) is 2.38. The smallest absolute Gasteiger partial charge is 0.235 e. The molecule has 0 bridgehead atoms. The second-order valence-electron chi connectivity index (χ2n) is 7.82. The molecule has 0 saturated carbocycles. The predicted molar refractivity (Wildman–Crippen MR) is 112 cm³/mol. The third kappa shape index (κ3) is 5.74. The lowest BCUT2D eigenvalue weighted by molar-refractivity contribution is -0.118. The largest absolute Gasteiger partial charge is 0.488 e. The van der Waals surface area contributed by atoms with Gasteiger partial charge in [0, 0.05) is 12.0 Å². The molecule has 30 heavy (non-hydrogen) atoms. The summed E-state index contributed by atoms with van der Waals surface area (Å²) in [5, 5.41) is 11.4. The van der Waals surface area contributed by atoms with Crippen molar-refractivity contribution in [1.82, 2.24) is 5.32 Å². The van der Waals surface area contributed by atoms with Crippen LogP contribution in [0, 0.1) is 11.3 Å². The van der Waals surface area contributed by atoms with Crippen molar-refractivity contribution in [3.05, 3.63) is 59.2 Å². The highest BCUT2D eigenvalue weighted by molar-refractivity contribution is 7.91. The van der Waals surface area contributed by atoms with Crippen LogP contribution in [-0.4, -0.2) is 38.8 Å². The number of benzene rings is 2. The second-order valence-corrected chi connectivity index (χ2v) is 9.89. The summed E-state index contributed by atoms with van der Waals surface area (Å²) >= 11 is 0. The molecule has 0 saturated heterocycles. The van der Waals surface area contributed by atoms with Crippen LogP contribution in [0.25, 0.3) is 0 Å². The maximum atomic E-state index is 12.2. The number of nitriles is 1. The number of nitrogens with one attached hydrogen (secondary N) is 1. The standard InChI is InChI=1S/C22H24N2O5S/c1-22(2)12-18-4-3-5-19(21(18)29-22)28-11-10-24-20(25)15-30(26,27)14-17-8-6-16(13-23)7-9-17/h3-9H,10-12,14-15H2,1-2H3,(H,24,25). The van der Waals surface area contributed by atoms with E-state index in [9.17, 15) is 13.2 Å². The molecule has 0 radical (unpaired) electrons. The number of nitrogens with zero attached hydrogens (tertiary/aromatic N) is 1. The number of ether oxygens (including phenoxy) is 2. The second kappa shape index (κ2) is 8.76. The van der Waals surface area contributed by atoms with E-state index in [4.69, 9.17) is 14.7 Å². The maximum absolute atomic E-state index is 12.2. The Bertz CT molecular complexity index is 1070. The molecule has 0 unspecified atom stereocenters. The molecule has 7 nitrogen and oxygen atoms in total. The molecular weight excluding hydrogens is 404 g/mol. The molecule has 0 atom stereocenters. The minimum atomic E-state index is -3.62. The van der Waals surface area contributed by atoms with Gasteiger partial charge in [-0.2, -0.15) is 5.26 Å². The first-order valence-electron chi connectivity index (χ1n) is 9.57. The highest BCUT2D eigenvalue weighted by Crippen LogP contribution is 2.41. The fourth-order valence-electron chi connectivity index (χ4n) is 3.28. The van der Waals surface area contributed by atoms with Gasteiger partial charge >= 0.3 is 0 Å². The summed E-state index contributed by atoms with van der Waals surface area (Å²) in [6.45, 7) is 4.39. The summed E-state index contributed by atoms with van der Waals surface area (Å²) in [5.41, 5.74) is 1.78. The SMILES string of the molecule is CC1(C)Cc2cccc(OCCNC(=O)CS(=O)(=O)Cc3ccc(C#N)cc3)c2O1. The van der Waals surface area contributed by atoms with Gasteiger partial charge in [0.2, 0.25) is 5.91 Å². The fraction of sp³-hybridized carbons (Fsp3) is 0.364. The summed E-state index contributed by atoms with van der Waals surface area (Å²) in [7, 11) is -3.62. The molecule has 2 aromatic rings. The average Bonchev–Trinajstić information content (AvgIpc) is 2.99. The number of sulfone groups is 1. The van der Waals surface area contributed by atoms with E-state index in [2.05, 4.69) is 5.32 Å². The Balaban J connectivity index is 1.45. The lowest BCUT2D eigenvalue weighted by Gasteiger charge is -2.18. The van der Waals surface area contributed by atoms with Crippen LogP contribution < -0.4 is 14.8 Å². The van der Waals surface area contributed by atoms with Crippen molar-refractivity contribution < 1.29 is 22.7 Å². The molecule has 0 aliphatic carbocycles. The van der Waals surface area contributed by atoms with Crippen LogP contribution in [0.4, 0.5) is 0 Å². The van der Waals surface area contributed by atoms with Gasteiger partial charge in [-0.1, -0.05) is 24.3 Å². The zero-order valence-electron chi connectivity index (χ0n) is 17.0. The van der Waals surface area contributed by atoms with Crippen molar-refractivity contribution in [3.63, 3.8) is 0 Å². The summed E-state index contributed by atoms with van der Waals surface area (Å²) in [6, 6.07) is 13.9. The van der Waals surface area contributed by atoms with Crippen molar-refractivity contribution in [2.45, 2.75) is 31.6 Å². The van der Waals surface area contributed by atoms with Crippen molar-refractivity contribution in [2.24, 2.45) is 0 Å². The van der Waals surface area contributed by atoms with Gasteiger partial charge in [0.25, 0.3) is 0 Å². The van der Waals surface area contributed by atoms with Gasteiger partial charge in [-0.25, -0.2) is 8.42 Å². The highest BCUT2D eigenvalue weighted by Gasteiger charge is 2.32. The van der Waals surface area contributed by atoms with Crippen molar-refractivity contribution >= 4 is 15.7 Å². The molecule has 2 aromatic carbocycles. The Morgan fingerprint density at radius 2 is 1.97 bits per heavy atom. The molecule has 1 heterocycles. The number of carbonyl (C=O) groups is 1. The van der Waals surface area contributed by atoms with Crippen LogP contribution in [0.1, 0.15) is 30.5 Å². The van der Waals surface area contributed by atoms with E-state index >= 15 is 0 Å². The summed E-state index contributed by atoms with van der Waals surface area (Å²) < 4.78 is 36.1. The van der Waals surface area contributed by atoms with Gasteiger partial charge in [0.05, 0.1) is 23.9 Å². The van der Waals surface area contributed by atoms with E-state index in [1.54, 1.807) is 24.3 Å². The number of rotatable bonds is 8. The van der Waals surface area contributed by atoms with Crippen molar-refractivity contribution in [1.29, 1.82) is 5.26 Å². The van der Waals surface area contributed by atoms with Crippen LogP contribution in [0.15, 0.2) is 42.5 Å². The molecule has 8 heteroatoms. The van der Waals surface area contributed by atoms with Crippen molar-refractivity contribution in [3.8, 4) is 17.6 Å². The molecule has 1 amide bonds. The Hall–Kier alpha value is -3.05. The van der Waals surface area contributed by atoms with E-state index in [-0.39, 0.29) is 24.5 Å². The number of para-hydroxylation sites is 1. The maximum Gasteiger partial charge on any atom is 0.235 e. The topological polar surface area (TPSA) is 105 Å². The van der Waals surface area contributed by atoms with Gasteiger partial charge in [-0.05, 0) is 37.6 Å². The summed E-state index contributed by atoms with van der Waals surface area (Å²) in [5.74, 6) is -0.112. The van der Waals surface area contributed by atoms with Crippen LogP contribution in [-0.2, 0) is 26.8 Å². The molecule has 3 rings (SSSR count). The minimum Gasteiger partial charge on any atom is -0.488 e. The molecule has 0 spiro atoms. The van der Waals surface area contributed by atoms with Gasteiger partial charge in [0.1, 0.15) is 18.0 Å². The Labute approximate surface area is 176 Å². The number of fused-ring (bicyclic) bond motifs is 1. The van der Waals surface area contributed by atoms with E-state index in [1.807, 2.05) is 38.1 Å². The first kappa shape index (κ1) is 21.7. The first-order valence-corrected chi connectivity index (χ1v) is 11.4. The zero-order chi connectivity index (χ0) is 21.8. The molecule has 0 fully saturated rings. The van der Waals surface area contributed by atoms with Crippen LogP contribution in [0.5, 0.6) is 11.5 Å². The van der Waals surface area contributed by atoms with Gasteiger partial charge in [-0.3, -0.25) is 4.79 Å². The molecule has 1 aliphatic heterocycles. The Morgan fingerprint density at radius 3 is 2.67 bits per heavy atom. The van der Waals surface area contributed by atoms with E-state index < -0.39 is 21.5 Å². The molecule has 158 valence electrons. The zero-order valence-corrected chi connectivity index (χ0v) is 17.8.